The van der Waals surface area contributed by atoms with Gasteiger partial charge in [0, 0.05) is 11.4 Å². The molecule has 0 radical (unpaired) electrons. The van der Waals surface area contributed by atoms with Crippen LogP contribution in [0.15, 0.2) is 30.3 Å². The first-order valence-electron chi connectivity index (χ1n) is 4.77. The second kappa shape index (κ2) is 3.81. The Balaban J connectivity index is 2.45. The van der Waals surface area contributed by atoms with E-state index in [1.807, 2.05) is 0 Å². The van der Waals surface area contributed by atoms with Gasteiger partial charge in [-0.25, -0.2) is 9.18 Å². The zero-order valence-electron chi connectivity index (χ0n) is 8.62. The molecule has 0 spiro atoms. The number of carboxylic acids is 1. The summed E-state index contributed by atoms with van der Waals surface area (Å²) >= 11 is 0. The van der Waals surface area contributed by atoms with Gasteiger partial charge in [0.25, 0.3) is 0 Å². The second-order valence-electron chi connectivity index (χ2n) is 3.53. The Hall–Kier alpha value is -2.10. The smallest absolute Gasteiger partial charge is 0.337 e. The van der Waals surface area contributed by atoms with Crippen LogP contribution < -0.4 is 0 Å². The molecule has 0 aliphatic rings. The van der Waals surface area contributed by atoms with Gasteiger partial charge in [0.2, 0.25) is 0 Å². The van der Waals surface area contributed by atoms with Crippen LogP contribution in [0.2, 0.25) is 0 Å². The van der Waals surface area contributed by atoms with Gasteiger partial charge < -0.3 is 10.1 Å². The number of hydrogen-bond donors (Lipinski definition) is 2. The molecule has 1 aromatic carbocycles. The number of H-pyrrole nitrogens is 1. The molecule has 0 saturated carbocycles. The molecule has 2 N–H and O–H groups in total. The summed E-state index contributed by atoms with van der Waals surface area (Å²) in [6, 6.07) is 7.43. The second-order valence-corrected chi connectivity index (χ2v) is 3.53. The summed E-state index contributed by atoms with van der Waals surface area (Å²) in [5, 5.41) is 8.89. The number of benzene rings is 1. The number of aromatic amines is 1. The molecule has 16 heavy (non-hydrogen) atoms. The molecule has 1 aromatic heterocycles. The van der Waals surface area contributed by atoms with Crippen LogP contribution in [0.25, 0.3) is 11.3 Å². The monoisotopic (exact) mass is 219 g/mol. The molecule has 2 rings (SSSR count). The maximum atomic E-state index is 12.7. The highest BCUT2D eigenvalue weighted by atomic mass is 19.1. The zero-order chi connectivity index (χ0) is 11.7. The van der Waals surface area contributed by atoms with Gasteiger partial charge in [-0.2, -0.15) is 0 Å². The molecule has 0 fully saturated rings. The SMILES string of the molecule is Cc1[nH]c(-c2ccc(F)cc2)cc1C(=O)O. The summed E-state index contributed by atoms with van der Waals surface area (Å²) in [4.78, 5) is 13.8. The fraction of sp³-hybridized carbons (Fsp3) is 0.0833. The number of rotatable bonds is 2. The predicted octanol–water partition coefficient (Wildman–Crippen LogP) is 2.83. The normalized spacial score (nSPS) is 10.4. The minimum Gasteiger partial charge on any atom is -0.478 e. The molecule has 0 aliphatic carbocycles. The van der Waals surface area contributed by atoms with E-state index < -0.39 is 5.97 Å². The van der Waals surface area contributed by atoms with E-state index in [0.29, 0.717) is 11.4 Å². The van der Waals surface area contributed by atoms with E-state index in [4.69, 9.17) is 5.11 Å². The Morgan fingerprint density at radius 1 is 1.31 bits per heavy atom. The molecule has 0 unspecified atom stereocenters. The number of aromatic nitrogens is 1. The Morgan fingerprint density at radius 3 is 2.44 bits per heavy atom. The van der Waals surface area contributed by atoms with Crippen molar-refractivity contribution in [3.05, 3.63) is 47.4 Å². The van der Waals surface area contributed by atoms with Gasteiger partial charge in [0.05, 0.1) is 5.56 Å². The van der Waals surface area contributed by atoms with E-state index in [-0.39, 0.29) is 11.4 Å². The van der Waals surface area contributed by atoms with Crippen LogP contribution in [0.3, 0.4) is 0 Å². The van der Waals surface area contributed by atoms with E-state index in [1.54, 1.807) is 25.1 Å². The molecule has 2 aromatic rings. The van der Waals surface area contributed by atoms with E-state index in [2.05, 4.69) is 4.98 Å². The Labute approximate surface area is 91.5 Å². The van der Waals surface area contributed by atoms with Gasteiger partial charge in [-0.1, -0.05) is 0 Å². The molecule has 0 aliphatic heterocycles. The van der Waals surface area contributed by atoms with Gasteiger partial charge in [-0.05, 0) is 42.8 Å². The minimum absolute atomic E-state index is 0.235. The molecule has 0 bridgehead atoms. The van der Waals surface area contributed by atoms with Gasteiger partial charge in [0.15, 0.2) is 0 Å². The largest absolute Gasteiger partial charge is 0.478 e. The van der Waals surface area contributed by atoms with Gasteiger partial charge >= 0.3 is 5.97 Å². The third kappa shape index (κ3) is 1.82. The van der Waals surface area contributed by atoms with E-state index in [0.717, 1.165) is 5.56 Å². The minimum atomic E-state index is -0.970. The number of carboxylic acid groups (broad SMARTS) is 1. The lowest BCUT2D eigenvalue weighted by Gasteiger charge is -1.96. The van der Waals surface area contributed by atoms with Crippen molar-refractivity contribution in [2.75, 3.05) is 0 Å². The van der Waals surface area contributed by atoms with E-state index in [1.165, 1.54) is 12.1 Å². The Bertz CT molecular complexity index is 528. The van der Waals surface area contributed by atoms with Crippen molar-refractivity contribution in [3.63, 3.8) is 0 Å². The average Bonchev–Trinajstić information content (AvgIpc) is 2.61. The van der Waals surface area contributed by atoms with Crippen molar-refractivity contribution >= 4 is 5.97 Å². The number of carbonyl (C=O) groups is 1. The quantitative estimate of drug-likeness (QED) is 0.815. The summed E-state index contributed by atoms with van der Waals surface area (Å²) in [7, 11) is 0. The fourth-order valence-corrected chi connectivity index (χ4v) is 1.57. The molecular formula is C12H10FNO2. The van der Waals surface area contributed by atoms with Crippen LogP contribution in [-0.2, 0) is 0 Å². The Kier molecular flexibility index (Phi) is 2.48. The summed E-state index contributed by atoms with van der Waals surface area (Å²) < 4.78 is 12.7. The van der Waals surface area contributed by atoms with Gasteiger partial charge in [0.1, 0.15) is 5.82 Å². The molecule has 0 saturated heterocycles. The summed E-state index contributed by atoms with van der Waals surface area (Å²) in [6.45, 7) is 1.69. The topological polar surface area (TPSA) is 53.1 Å². The average molecular weight is 219 g/mol. The standard InChI is InChI=1S/C12H10FNO2/c1-7-10(12(15)16)6-11(14-7)8-2-4-9(13)5-3-8/h2-6,14H,1H3,(H,15,16). The van der Waals surface area contributed by atoms with Crippen molar-refractivity contribution < 1.29 is 14.3 Å². The van der Waals surface area contributed by atoms with Crippen LogP contribution in [0, 0.1) is 12.7 Å². The highest BCUT2D eigenvalue weighted by Gasteiger charge is 2.11. The first kappa shape index (κ1) is 10.4. The van der Waals surface area contributed by atoms with E-state index in [9.17, 15) is 9.18 Å². The lowest BCUT2D eigenvalue weighted by molar-refractivity contribution is 0.0696. The van der Waals surface area contributed by atoms with Gasteiger partial charge in [-0.3, -0.25) is 0 Å². The Morgan fingerprint density at radius 2 is 1.94 bits per heavy atom. The van der Waals surface area contributed by atoms with Crippen LogP contribution >= 0.6 is 0 Å². The summed E-state index contributed by atoms with van der Waals surface area (Å²) in [5.74, 6) is -1.28. The molecule has 0 amide bonds. The third-order valence-corrected chi connectivity index (χ3v) is 2.40. The van der Waals surface area contributed by atoms with Crippen molar-refractivity contribution in [3.8, 4) is 11.3 Å². The molecule has 0 atom stereocenters. The van der Waals surface area contributed by atoms with Crippen LogP contribution in [0.5, 0.6) is 0 Å². The molecule has 3 nitrogen and oxygen atoms in total. The first-order chi connectivity index (χ1) is 7.58. The number of aromatic carboxylic acids is 1. The van der Waals surface area contributed by atoms with Crippen LogP contribution in [0.1, 0.15) is 16.1 Å². The summed E-state index contributed by atoms with van der Waals surface area (Å²) in [5.41, 5.74) is 2.26. The van der Waals surface area contributed by atoms with Crippen molar-refractivity contribution in [2.45, 2.75) is 6.92 Å². The summed E-state index contributed by atoms with van der Waals surface area (Å²) in [6.07, 6.45) is 0. The molecular weight excluding hydrogens is 209 g/mol. The van der Waals surface area contributed by atoms with Crippen molar-refractivity contribution in [2.24, 2.45) is 0 Å². The maximum Gasteiger partial charge on any atom is 0.337 e. The number of hydrogen-bond acceptors (Lipinski definition) is 1. The maximum absolute atomic E-state index is 12.7. The highest BCUT2D eigenvalue weighted by molar-refractivity contribution is 5.90. The van der Waals surface area contributed by atoms with Crippen molar-refractivity contribution in [1.29, 1.82) is 0 Å². The third-order valence-electron chi connectivity index (χ3n) is 2.40. The lowest BCUT2D eigenvalue weighted by atomic mass is 10.1. The highest BCUT2D eigenvalue weighted by Crippen LogP contribution is 2.21. The van der Waals surface area contributed by atoms with Crippen LogP contribution in [-0.4, -0.2) is 16.1 Å². The van der Waals surface area contributed by atoms with E-state index >= 15 is 0 Å². The first-order valence-corrected chi connectivity index (χ1v) is 4.77. The lowest BCUT2D eigenvalue weighted by Crippen LogP contribution is -1.95. The molecule has 4 heteroatoms. The van der Waals surface area contributed by atoms with Crippen molar-refractivity contribution in [1.82, 2.24) is 4.98 Å². The number of aryl methyl sites for hydroxylation is 1. The molecule has 82 valence electrons. The molecule has 1 heterocycles. The van der Waals surface area contributed by atoms with Crippen LogP contribution in [0.4, 0.5) is 4.39 Å². The van der Waals surface area contributed by atoms with Gasteiger partial charge in [-0.15, -0.1) is 0 Å². The number of nitrogens with one attached hydrogen (secondary N) is 1. The number of halogens is 1. The fourth-order valence-electron chi connectivity index (χ4n) is 1.57. The zero-order valence-corrected chi connectivity index (χ0v) is 8.62. The predicted molar refractivity (Wildman–Crippen MR) is 57.9 cm³/mol.